The molecule has 0 aliphatic heterocycles. The van der Waals surface area contributed by atoms with Crippen molar-refractivity contribution in [1.29, 1.82) is 0 Å². The maximum atomic E-state index is 8.96. The van der Waals surface area contributed by atoms with Crippen LogP contribution in [0.4, 0.5) is 0 Å². The molecule has 1 N–H and O–H groups in total. The second-order valence-corrected chi connectivity index (χ2v) is 3.34. The molecule has 6 nitrogen and oxygen atoms in total. The number of benzene rings is 1. The molecular weight excluding hydrogens is 206 g/mol. The lowest BCUT2D eigenvalue weighted by atomic mass is 10.1. The monoisotopic (exact) mass is 217 g/mol. The Labute approximate surface area is 92.2 Å². The van der Waals surface area contributed by atoms with Crippen LogP contribution in [0.15, 0.2) is 35.5 Å². The first-order valence-electron chi connectivity index (χ1n) is 4.79. The molecule has 82 valence electrons. The Balaban J connectivity index is 2.24. The lowest BCUT2D eigenvalue weighted by Gasteiger charge is -2.02. The summed E-state index contributed by atoms with van der Waals surface area (Å²) in [5.74, 6) is 0.464. The average Bonchev–Trinajstić information content (AvgIpc) is 2.74. The quantitative estimate of drug-likeness (QED) is 0.465. The van der Waals surface area contributed by atoms with Crippen molar-refractivity contribution in [3.05, 3.63) is 41.7 Å². The van der Waals surface area contributed by atoms with E-state index in [2.05, 4.69) is 20.7 Å². The first kappa shape index (κ1) is 10.3. The van der Waals surface area contributed by atoms with Crippen LogP contribution in [-0.2, 0) is 13.5 Å². The third-order valence-corrected chi connectivity index (χ3v) is 2.21. The fraction of sp³-hybridized carbons (Fsp3) is 0.200. The van der Waals surface area contributed by atoms with Crippen molar-refractivity contribution in [2.75, 3.05) is 0 Å². The maximum absolute atomic E-state index is 8.96. The van der Waals surface area contributed by atoms with Crippen LogP contribution in [0.2, 0.25) is 0 Å². The summed E-state index contributed by atoms with van der Waals surface area (Å²) in [6.07, 6.45) is 0.492. The molecule has 0 spiro atoms. The molecule has 2 rings (SSSR count). The molecule has 0 amide bonds. The minimum absolute atomic E-state index is 0.443. The van der Waals surface area contributed by atoms with Crippen molar-refractivity contribution in [2.24, 2.45) is 12.2 Å². The van der Waals surface area contributed by atoms with E-state index in [1.807, 2.05) is 30.3 Å². The highest BCUT2D eigenvalue weighted by atomic mass is 16.4. The van der Waals surface area contributed by atoms with Crippen LogP contribution < -0.4 is 0 Å². The van der Waals surface area contributed by atoms with Crippen LogP contribution in [0, 0.1) is 0 Å². The zero-order chi connectivity index (χ0) is 11.4. The Morgan fingerprint density at radius 3 is 2.69 bits per heavy atom. The minimum Gasteiger partial charge on any atom is -0.411 e. The van der Waals surface area contributed by atoms with Gasteiger partial charge in [-0.3, -0.25) is 0 Å². The van der Waals surface area contributed by atoms with E-state index in [-0.39, 0.29) is 0 Å². The molecule has 0 atom stereocenters. The maximum Gasteiger partial charge on any atom is 0.199 e. The zero-order valence-electron chi connectivity index (χ0n) is 8.78. The van der Waals surface area contributed by atoms with Crippen LogP contribution in [0.1, 0.15) is 11.4 Å². The lowest BCUT2D eigenvalue weighted by molar-refractivity contribution is 0.318. The summed E-state index contributed by atoms with van der Waals surface area (Å²) in [5.41, 5.74) is 1.48. The highest BCUT2D eigenvalue weighted by Crippen LogP contribution is 2.04. The van der Waals surface area contributed by atoms with E-state index in [1.165, 1.54) is 4.68 Å². The number of aromatic nitrogens is 4. The van der Waals surface area contributed by atoms with Gasteiger partial charge in [0.05, 0.1) is 0 Å². The summed E-state index contributed by atoms with van der Waals surface area (Å²) in [7, 11) is 1.70. The molecule has 0 unspecified atom stereocenters. The Kier molecular flexibility index (Phi) is 2.90. The van der Waals surface area contributed by atoms with Crippen LogP contribution in [0.5, 0.6) is 0 Å². The molecule has 16 heavy (non-hydrogen) atoms. The molecule has 0 aliphatic rings. The van der Waals surface area contributed by atoms with E-state index in [0.29, 0.717) is 18.0 Å². The second-order valence-electron chi connectivity index (χ2n) is 3.34. The number of hydrogen-bond donors (Lipinski definition) is 1. The SMILES string of the molecule is Cn1nnnc1C(Cc1ccccc1)=NO. The van der Waals surface area contributed by atoms with E-state index >= 15 is 0 Å². The number of nitrogens with zero attached hydrogens (tertiary/aromatic N) is 5. The number of oxime groups is 1. The summed E-state index contributed by atoms with van der Waals surface area (Å²) >= 11 is 0. The molecule has 0 saturated heterocycles. The van der Waals surface area contributed by atoms with Crippen LogP contribution in [-0.4, -0.2) is 31.1 Å². The molecule has 2 aromatic rings. The Morgan fingerprint density at radius 1 is 1.38 bits per heavy atom. The van der Waals surface area contributed by atoms with E-state index in [0.717, 1.165) is 5.56 Å². The Bertz CT molecular complexity index is 491. The van der Waals surface area contributed by atoms with Gasteiger partial charge < -0.3 is 5.21 Å². The number of hydrogen-bond acceptors (Lipinski definition) is 5. The molecule has 0 fully saturated rings. The smallest absolute Gasteiger partial charge is 0.199 e. The summed E-state index contributed by atoms with van der Waals surface area (Å²) in [6, 6.07) is 9.70. The third-order valence-electron chi connectivity index (χ3n) is 2.21. The predicted molar refractivity (Wildman–Crippen MR) is 57.3 cm³/mol. The number of tetrazole rings is 1. The highest BCUT2D eigenvalue weighted by molar-refractivity contribution is 5.98. The molecule has 1 heterocycles. The van der Waals surface area contributed by atoms with E-state index in [1.54, 1.807) is 7.05 Å². The van der Waals surface area contributed by atoms with E-state index < -0.39 is 0 Å². The topological polar surface area (TPSA) is 76.2 Å². The fourth-order valence-corrected chi connectivity index (χ4v) is 1.42. The van der Waals surface area contributed by atoms with Gasteiger partial charge in [0.2, 0.25) is 0 Å². The molecule has 1 aromatic heterocycles. The fourth-order valence-electron chi connectivity index (χ4n) is 1.42. The van der Waals surface area contributed by atoms with Gasteiger partial charge in [0.25, 0.3) is 0 Å². The standard InChI is InChI=1S/C10H11N5O/c1-15-10(11-13-14-15)9(12-16)7-8-5-3-2-4-6-8/h2-6,16H,7H2,1H3. The van der Waals surface area contributed by atoms with Crippen molar-refractivity contribution >= 4 is 5.71 Å². The zero-order valence-corrected chi connectivity index (χ0v) is 8.78. The summed E-state index contributed by atoms with van der Waals surface area (Å²) in [5, 5.41) is 23.2. The third kappa shape index (κ3) is 2.05. The molecule has 0 saturated carbocycles. The van der Waals surface area contributed by atoms with Gasteiger partial charge in [0.1, 0.15) is 5.71 Å². The van der Waals surface area contributed by atoms with Crippen molar-refractivity contribution in [1.82, 2.24) is 20.2 Å². The molecule has 0 bridgehead atoms. The van der Waals surface area contributed by atoms with Gasteiger partial charge in [-0.05, 0) is 16.0 Å². The minimum atomic E-state index is 0.443. The van der Waals surface area contributed by atoms with Gasteiger partial charge in [0.15, 0.2) is 5.82 Å². The van der Waals surface area contributed by atoms with Gasteiger partial charge in [-0.1, -0.05) is 35.5 Å². The summed E-state index contributed by atoms with van der Waals surface area (Å²) in [4.78, 5) is 0. The lowest BCUT2D eigenvalue weighted by Crippen LogP contribution is -2.12. The van der Waals surface area contributed by atoms with Gasteiger partial charge in [-0.2, -0.15) is 0 Å². The summed E-state index contributed by atoms with van der Waals surface area (Å²) in [6.45, 7) is 0. The van der Waals surface area contributed by atoms with E-state index in [9.17, 15) is 0 Å². The normalized spacial score (nSPS) is 11.7. The molecule has 1 aromatic carbocycles. The molecular formula is C10H11N5O. The largest absolute Gasteiger partial charge is 0.411 e. The summed E-state index contributed by atoms with van der Waals surface area (Å²) < 4.78 is 1.47. The second kappa shape index (κ2) is 4.52. The van der Waals surface area contributed by atoms with Gasteiger partial charge in [-0.15, -0.1) is 5.10 Å². The predicted octanol–water partition coefficient (Wildman–Crippen LogP) is 0.631. The number of rotatable bonds is 3. The Morgan fingerprint density at radius 2 is 2.12 bits per heavy atom. The van der Waals surface area contributed by atoms with Crippen molar-refractivity contribution in [3.63, 3.8) is 0 Å². The van der Waals surface area contributed by atoms with E-state index in [4.69, 9.17) is 5.21 Å². The molecule has 0 radical (unpaired) electrons. The number of aryl methyl sites for hydroxylation is 1. The van der Waals surface area contributed by atoms with Gasteiger partial charge in [-0.25, -0.2) is 4.68 Å². The van der Waals surface area contributed by atoms with Crippen LogP contribution in [0.25, 0.3) is 0 Å². The van der Waals surface area contributed by atoms with Crippen molar-refractivity contribution in [2.45, 2.75) is 6.42 Å². The highest BCUT2D eigenvalue weighted by Gasteiger charge is 2.12. The molecule has 6 heteroatoms. The molecule has 0 aliphatic carbocycles. The average molecular weight is 217 g/mol. The van der Waals surface area contributed by atoms with Crippen LogP contribution in [0.3, 0.4) is 0 Å². The van der Waals surface area contributed by atoms with Crippen molar-refractivity contribution in [3.8, 4) is 0 Å². The first-order valence-corrected chi connectivity index (χ1v) is 4.79. The Hall–Kier alpha value is -2.24. The van der Waals surface area contributed by atoms with Crippen molar-refractivity contribution < 1.29 is 5.21 Å². The first-order chi connectivity index (χ1) is 7.81. The van der Waals surface area contributed by atoms with Gasteiger partial charge in [0, 0.05) is 13.5 Å². The van der Waals surface area contributed by atoms with Crippen LogP contribution >= 0.6 is 0 Å². The van der Waals surface area contributed by atoms with Gasteiger partial charge >= 0.3 is 0 Å².